The second-order valence-corrected chi connectivity index (χ2v) is 6.01. The third-order valence-electron chi connectivity index (χ3n) is 3.85. The van der Waals surface area contributed by atoms with Crippen LogP contribution in [-0.4, -0.2) is 12.6 Å². The summed E-state index contributed by atoms with van der Waals surface area (Å²) in [5.74, 6) is 1.17. The van der Waals surface area contributed by atoms with Crippen molar-refractivity contribution >= 4 is 11.6 Å². The van der Waals surface area contributed by atoms with E-state index in [1.165, 1.54) is 18.9 Å². The van der Waals surface area contributed by atoms with E-state index in [9.17, 15) is 4.39 Å². The van der Waals surface area contributed by atoms with E-state index in [0.29, 0.717) is 22.9 Å². The van der Waals surface area contributed by atoms with Crippen LogP contribution in [0.2, 0.25) is 5.02 Å². The van der Waals surface area contributed by atoms with E-state index >= 15 is 0 Å². The number of nitrogens with one attached hydrogen (secondary N) is 1. The van der Waals surface area contributed by atoms with Crippen molar-refractivity contribution in [3.8, 4) is 0 Å². The van der Waals surface area contributed by atoms with Crippen LogP contribution in [0.15, 0.2) is 18.2 Å². The summed E-state index contributed by atoms with van der Waals surface area (Å²) < 4.78 is 13.2. The summed E-state index contributed by atoms with van der Waals surface area (Å²) >= 11 is 6.11. The fourth-order valence-electron chi connectivity index (χ4n) is 2.54. The first kappa shape index (κ1) is 13.8. The molecule has 0 radical (unpaired) electrons. The molecule has 18 heavy (non-hydrogen) atoms. The SMILES string of the molecule is CC(C)NCC1CCC1Cc1cc(F)ccc1Cl. The Hall–Kier alpha value is -0.600. The topological polar surface area (TPSA) is 12.0 Å². The minimum absolute atomic E-state index is 0.189. The number of hydrogen-bond donors (Lipinski definition) is 1. The van der Waals surface area contributed by atoms with Crippen molar-refractivity contribution in [1.29, 1.82) is 0 Å². The average molecular weight is 270 g/mol. The third kappa shape index (κ3) is 3.46. The van der Waals surface area contributed by atoms with Gasteiger partial charge in [-0.1, -0.05) is 25.4 Å². The maximum Gasteiger partial charge on any atom is 0.123 e. The molecule has 0 saturated heterocycles. The summed E-state index contributed by atoms with van der Waals surface area (Å²) in [6.07, 6.45) is 3.41. The Balaban J connectivity index is 1.91. The van der Waals surface area contributed by atoms with Gasteiger partial charge in [-0.3, -0.25) is 0 Å². The molecule has 0 amide bonds. The number of halogens is 2. The van der Waals surface area contributed by atoms with Gasteiger partial charge in [-0.15, -0.1) is 0 Å². The van der Waals surface area contributed by atoms with Crippen LogP contribution in [0.5, 0.6) is 0 Å². The molecule has 1 nitrogen and oxygen atoms in total. The largest absolute Gasteiger partial charge is 0.314 e. The van der Waals surface area contributed by atoms with Crippen molar-refractivity contribution in [3.63, 3.8) is 0 Å². The Bertz CT molecular complexity index is 405. The van der Waals surface area contributed by atoms with E-state index in [-0.39, 0.29) is 5.82 Å². The lowest BCUT2D eigenvalue weighted by Crippen LogP contribution is -2.38. The highest BCUT2D eigenvalue weighted by molar-refractivity contribution is 6.31. The first-order valence-electron chi connectivity index (χ1n) is 6.73. The molecule has 1 aliphatic rings. The Morgan fingerprint density at radius 3 is 2.67 bits per heavy atom. The zero-order valence-electron chi connectivity index (χ0n) is 11.0. The van der Waals surface area contributed by atoms with Crippen molar-refractivity contribution in [2.24, 2.45) is 11.8 Å². The normalized spacial score (nSPS) is 23.2. The van der Waals surface area contributed by atoms with Gasteiger partial charge in [0.15, 0.2) is 0 Å². The van der Waals surface area contributed by atoms with Gasteiger partial charge in [-0.2, -0.15) is 0 Å². The Labute approximate surface area is 114 Å². The number of benzene rings is 1. The molecule has 100 valence electrons. The van der Waals surface area contributed by atoms with Gasteiger partial charge in [-0.25, -0.2) is 4.39 Å². The van der Waals surface area contributed by atoms with Gasteiger partial charge in [0, 0.05) is 11.1 Å². The molecule has 0 spiro atoms. The maximum atomic E-state index is 13.2. The highest BCUT2D eigenvalue weighted by Crippen LogP contribution is 2.37. The monoisotopic (exact) mass is 269 g/mol. The molecule has 3 heteroatoms. The summed E-state index contributed by atoms with van der Waals surface area (Å²) in [5, 5.41) is 4.18. The first-order chi connectivity index (χ1) is 8.56. The van der Waals surface area contributed by atoms with E-state index in [2.05, 4.69) is 19.2 Å². The van der Waals surface area contributed by atoms with Crippen LogP contribution < -0.4 is 5.32 Å². The van der Waals surface area contributed by atoms with Crippen LogP contribution in [0, 0.1) is 17.7 Å². The number of hydrogen-bond acceptors (Lipinski definition) is 1. The van der Waals surface area contributed by atoms with Crippen LogP contribution in [0.4, 0.5) is 4.39 Å². The minimum Gasteiger partial charge on any atom is -0.314 e. The smallest absolute Gasteiger partial charge is 0.123 e. The van der Waals surface area contributed by atoms with Gasteiger partial charge >= 0.3 is 0 Å². The van der Waals surface area contributed by atoms with Crippen LogP contribution >= 0.6 is 11.6 Å². The van der Waals surface area contributed by atoms with E-state index in [4.69, 9.17) is 11.6 Å². The molecule has 0 bridgehead atoms. The fraction of sp³-hybridized carbons (Fsp3) is 0.600. The van der Waals surface area contributed by atoms with Crippen molar-refractivity contribution in [3.05, 3.63) is 34.6 Å². The summed E-state index contributed by atoms with van der Waals surface area (Å²) in [6.45, 7) is 5.39. The third-order valence-corrected chi connectivity index (χ3v) is 4.22. The highest BCUT2D eigenvalue weighted by atomic mass is 35.5. The Morgan fingerprint density at radius 1 is 1.33 bits per heavy atom. The van der Waals surface area contributed by atoms with E-state index in [1.807, 2.05) is 0 Å². The van der Waals surface area contributed by atoms with Gasteiger partial charge in [0.25, 0.3) is 0 Å². The molecular weight excluding hydrogens is 249 g/mol. The molecule has 2 unspecified atom stereocenters. The highest BCUT2D eigenvalue weighted by Gasteiger charge is 2.30. The first-order valence-corrected chi connectivity index (χ1v) is 7.11. The van der Waals surface area contributed by atoms with Crippen LogP contribution in [0.3, 0.4) is 0 Å². The lowest BCUT2D eigenvalue weighted by Gasteiger charge is -2.37. The standard InChI is InChI=1S/C15H21ClFN/c1-10(2)18-9-12-4-3-11(12)7-13-8-14(17)5-6-15(13)16/h5-6,8,10-12,18H,3-4,7,9H2,1-2H3. The zero-order valence-corrected chi connectivity index (χ0v) is 11.8. The molecule has 0 heterocycles. The van der Waals surface area contributed by atoms with E-state index in [0.717, 1.165) is 18.5 Å². The van der Waals surface area contributed by atoms with Crippen LogP contribution in [-0.2, 0) is 6.42 Å². The van der Waals surface area contributed by atoms with Gasteiger partial charge in [0.1, 0.15) is 5.82 Å². The summed E-state index contributed by atoms with van der Waals surface area (Å²) in [5.41, 5.74) is 0.955. The van der Waals surface area contributed by atoms with Crippen LogP contribution in [0.25, 0.3) is 0 Å². The van der Waals surface area contributed by atoms with Gasteiger partial charge in [0.2, 0.25) is 0 Å². The second-order valence-electron chi connectivity index (χ2n) is 5.60. The Kier molecular flexibility index (Phi) is 4.63. The van der Waals surface area contributed by atoms with Crippen molar-refractivity contribution in [1.82, 2.24) is 5.32 Å². The average Bonchev–Trinajstić information content (AvgIpc) is 2.28. The summed E-state index contributed by atoms with van der Waals surface area (Å²) in [4.78, 5) is 0. The Morgan fingerprint density at radius 2 is 2.06 bits per heavy atom. The predicted octanol–water partition coefficient (Wildman–Crippen LogP) is 4.05. The molecule has 1 saturated carbocycles. The van der Waals surface area contributed by atoms with Gasteiger partial charge in [0.05, 0.1) is 0 Å². The molecule has 1 fully saturated rings. The molecule has 1 N–H and O–H groups in total. The molecule has 0 aliphatic heterocycles. The maximum absolute atomic E-state index is 13.2. The second kappa shape index (κ2) is 6.03. The molecule has 0 aromatic heterocycles. The molecule has 2 rings (SSSR count). The van der Waals surface area contributed by atoms with Gasteiger partial charge < -0.3 is 5.32 Å². The van der Waals surface area contributed by atoms with Gasteiger partial charge in [-0.05, 0) is 61.4 Å². The quantitative estimate of drug-likeness (QED) is 0.850. The predicted molar refractivity (Wildman–Crippen MR) is 74.5 cm³/mol. The van der Waals surface area contributed by atoms with E-state index in [1.54, 1.807) is 12.1 Å². The van der Waals surface area contributed by atoms with Crippen molar-refractivity contribution < 1.29 is 4.39 Å². The molecule has 1 aromatic carbocycles. The molecule has 1 aliphatic carbocycles. The minimum atomic E-state index is -0.189. The summed E-state index contributed by atoms with van der Waals surface area (Å²) in [7, 11) is 0. The molecular formula is C15H21ClFN. The molecule has 1 aromatic rings. The zero-order chi connectivity index (χ0) is 13.1. The fourth-order valence-corrected chi connectivity index (χ4v) is 2.74. The van der Waals surface area contributed by atoms with E-state index < -0.39 is 0 Å². The van der Waals surface area contributed by atoms with Crippen molar-refractivity contribution in [2.75, 3.05) is 6.54 Å². The van der Waals surface area contributed by atoms with Crippen molar-refractivity contribution in [2.45, 2.75) is 39.2 Å². The summed E-state index contributed by atoms with van der Waals surface area (Å²) in [6, 6.07) is 5.19. The lowest BCUT2D eigenvalue weighted by molar-refractivity contribution is 0.168. The van der Waals surface area contributed by atoms with Crippen LogP contribution in [0.1, 0.15) is 32.3 Å². The molecule has 2 atom stereocenters. The number of rotatable bonds is 5. The lowest BCUT2D eigenvalue weighted by atomic mass is 9.70.